The summed E-state index contributed by atoms with van der Waals surface area (Å²) in [5.41, 5.74) is 2.35. The number of aromatic nitrogens is 1. The van der Waals surface area contributed by atoms with Gasteiger partial charge in [-0.15, -0.1) is 0 Å². The molecule has 0 amide bonds. The van der Waals surface area contributed by atoms with Crippen LogP contribution < -0.4 is 5.32 Å². The van der Waals surface area contributed by atoms with Crippen LogP contribution in [0.3, 0.4) is 0 Å². The van der Waals surface area contributed by atoms with E-state index in [9.17, 15) is 0 Å². The van der Waals surface area contributed by atoms with Crippen LogP contribution in [0, 0.1) is 5.92 Å². The molecule has 0 spiro atoms. The molecule has 1 atom stereocenters. The first-order chi connectivity index (χ1) is 9.67. The molecule has 108 valence electrons. The van der Waals surface area contributed by atoms with E-state index >= 15 is 0 Å². The average molecular weight is 335 g/mol. The third-order valence-corrected chi connectivity index (χ3v) is 4.86. The van der Waals surface area contributed by atoms with Crippen molar-refractivity contribution in [2.24, 2.45) is 5.92 Å². The maximum Gasteiger partial charge on any atom is 0.0758 e. The van der Waals surface area contributed by atoms with Gasteiger partial charge in [0.25, 0.3) is 0 Å². The quantitative estimate of drug-likeness (QED) is 0.811. The molecule has 1 N–H and O–H groups in total. The van der Waals surface area contributed by atoms with E-state index in [2.05, 4.69) is 65.2 Å². The lowest BCUT2D eigenvalue weighted by Gasteiger charge is -2.23. The molecule has 1 aromatic carbocycles. The summed E-state index contributed by atoms with van der Waals surface area (Å²) in [6.07, 6.45) is 4.32. The Morgan fingerprint density at radius 1 is 1.20 bits per heavy atom. The van der Waals surface area contributed by atoms with Crippen molar-refractivity contribution in [3.05, 3.63) is 40.5 Å². The van der Waals surface area contributed by atoms with Gasteiger partial charge in [0.05, 0.1) is 5.52 Å². The Hall–Kier alpha value is -0.930. The summed E-state index contributed by atoms with van der Waals surface area (Å²) in [6.45, 7) is 7.69. The molecule has 1 unspecified atom stereocenters. The lowest BCUT2D eigenvalue weighted by Crippen LogP contribution is -2.32. The lowest BCUT2D eigenvalue weighted by atomic mass is 9.95. The zero-order chi connectivity index (χ0) is 14.5. The highest BCUT2D eigenvalue weighted by molar-refractivity contribution is 9.10. The third-order valence-electron chi connectivity index (χ3n) is 4.17. The van der Waals surface area contributed by atoms with Crippen LogP contribution in [0.5, 0.6) is 0 Å². The molecule has 2 aromatic rings. The van der Waals surface area contributed by atoms with E-state index < -0.39 is 0 Å². The molecular weight excluding hydrogens is 312 g/mol. The van der Waals surface area contributed by atoms with Crippen LogP contribution in [0.2, 0.25) is 0 Å². The molecule has 0 radical (unpaired) electrons. The number of rotatable bonds is 6. The first-order valence-electron chi connectivity index (χ1n) is 7.42. The van der Waals surface area contributed by atoms with Gasteiger partial charge in [-0.05, 0) is 30.5 Å². The lowest BCUT2D eigenvalue weighted by molar-refractivity contribution is 0.353. The van der Waals surface area contributed by atoms with Crippen molar-refractivity contribution < 1.29 is 0 Å². The molecule has 0 saturated carbocycles. The minimum Gasteiger partial charge on any atom is -0.310 e. The molecular formula is C17H23BrN2. The molecule has 2 nitrogen and oxygen atoms in total. The number of hydrogen-bond acceptors (Lipinski definition) is 2. The molecule has 0 fully saturated rings. The number of hydrogen-bond donors (Lipinski definition) is 1. The summed E-state index contributed by atoms with van der Waals surface area (Å²) in [7, 11) is 0. The number of pyridine rings is 1. The number of nitrogens with one attached hydrogen (secondary N) is 1. The van der Waals surface area contributed by atoms with Crippen LogP contribution in [0.15, 0.2) is 34.9 Å². The Morgan fingerprint density at radius 3 is 2.65 bits per heavy atom. The van der Waals surface area contributed by atoms with E-state index in [4.69, 9.17) is 0 Å². The monoisotopic (exact) mass is 334 g/mol. The SMILES string of the molecule is CCC(CC)C(C)NCc1ccc(Br)c2cccnc12. The first-order valence-corrected chi connectivity index (χ1v) is 8.22. The van der Waals surface area contributed by atoms with Crippen LogP contribution in [-0.2, 0) is 6.54 Å². The second-order valence-electron chi connectivity index (χ2n) is 5.35. The first kappa shape index (κ1) is 15.5. The van der Waals surface area contributed by atoms with Gasteiger partial charge in [0.2, 0.25) is 0 Å². The summed E-state index contributed by atoms with van der Waals surface area (Å²) in [4.78, 5) is 4.54. The summed E-state index contributed by atoms with van der Waals surface area (Å²) in [6, 6.07) is 8.90. The number of halogens is 1. The Morgan fingerprint density at radius 2 is 1.95 bits per heavy atom. The van der Waals surface area contributed by atoms with Crippen LogP contribution >= 0.6 is 15.9 Å². The largest absolute Gasteiger partial charge is 0.310 e. The molecule has 0 saturated heterocycles. The minimum absolute atomic E-state index is 0.535. The van der Waals surface area contributed by atoms with Crippen molar-refractivity contribution in [2.75, 3.05) is 0 Å². The van der Waals surface area contributed by atoms with Crippen LogP contribution in [-0.4, -0.2) is 11.0 Å². The van der Waals surface area contributed by atoms with Crippen molar-refractivity contribution in [3.8, 4) is 0 Å². The molecule has 0 bridgehead atoms. The summed E-state index contributed by atoms with van der Waals surface area (Å²) < 4.78 is 1.11. The molecule has 2 rings (SSSR count). The molecule has 0 aliphatic rings. The Balaban J connectivity index is 2.16. The highest BCUT2D eigenvalue weighted by Gasteiger charge is 2.13. The van der Waals surface area contributed by atoms with Gasteiger partial charge < -0.3 is 5.32 Å². The standard InChI is InChI=1S/C17H23BrN2/c1-4-13(5-2)12(3)20-11-14-8-9-16(18)15-7-6-10-19-17(14)15/h6-10,12-13,20H,4-5,11H2,1-3H3. The topological polar surface area (TPSA) is 24.9 Å². The number of fused-ring (bicyclic) bond motifs is 1. The van der Waals surface area contributed by atoms with Crippen molar-refractivity contribution in [3.63, 3.8) is 0 Å². The zero-order valence-electron chi connectivity index (χ0n) is 12.5. The molecule has 0 aliphatic heterocycles. The Kier molecular flexibility index (Phi) is 5.55. The van der Waals surface area contributed by atoms with E-state index in [1.807, 2.05) is 12.3 Å². The van der Waals surface area contributed by atoms with Crippen molar-refractivity contribution in [1.29, 1.82) is 0 Å². The molecule has 3 heteroatoms. The molecule has 1 heterocycles. The zero-order valence-corrected chi connectivity index (χ0v) is 14.1. The fourth-order valence-electron chi connectivity index (χ4n) is 2.77. The van der Waals surface area contributed by atoms with Crippen LogP contribution in [0.4, 0.5) is 0 Å². The van der Waals surface area contributed by atoms with Gasteiger partial charge in [0, 0.05) is 28.6 Å². The Labute approximate surface area is 130 Å². The van der Waals surface area contributed by atoms with Gasteiger partial charge in [-0.2, -0.15) is 0 Å². The molecule has 0 aliphatic carbocycles. The summed E-state index contributed by atoms with van der Waals surface area (Å²) in [5.74, 6) is 0.740. The highest BCUT2D eigenvalue weighted by atomic mass is 79.9. The average Bonchev–Trinajstić information content (AvgIpc) is 2.48. The predicted octanol–water partition coefficient (Wildman–Crippen LogP) is 4.91. The van der Waals surface area contributed by atoms with E-state index in [1.54, 1.807) is 0 Å². The van der Waals surface area contributed by atoms with E-state index in [1.165, 1.54) is 23.8 Å². The van der Waals surface area contributed by atoms with Gasteiger partial charge in [0.1, 0.15) is 0 Å². The highest BCUT2D eigenvalue weighted by Crippen LogP contribution is 2.25. The van der Waals surface area contributed by atoms with Gasteiger partial charge in [-0.1, -0.05) is 54.8 Å². The smallest absolute Gasteiger partial charge is 0.0758 e. The van der Waals surface area contributed by atoms with Gasteiger partial charge in [0.15, 0.2) is 0 Å². The summed E-state index contributed by atoms with van der Waals surface area (Å²) >= 11 is 3.60. The molecule has 1 aromatic heterocycles. The van der Waals surface area contributed by atoms with Crippen molar-refractivity contribution in [2.45, 2.75) is 46.2 Å². The van der Waals surface area contributed by atoms with E-state index in [0.717, 1.165) is 22.5 Å². The van der Waals surface area contributed by atoms with Gasteiger partial charge >= 0.3 is 0 Å². The second kappa shape index (κ2) is 7.19. The normalized spacial score (nSPS) is 13.1. The number of benzene rings is 1. The van der Waals surface area contributed by atoms with Crippen molar-refractivity contribution in [1.82, 2.24) is 10.3 Å². The fourth-order valence-corrected chi connectivity index (χ4v) is 3.22. The van der Waals surface area contributed by atoms with Crippen LogP contribution in [0.25, 0.3) is 10.9 Å². The minimum atomic E-state index is 0.535. The summed E-state index contributed by atoms with van der Waals surface area (Å²) in [5, 5.41) is 4.84. The maximum absolute atomic E-state index is 4.54. The van der Waals surface area contributed by atoms with E-state index in [0.29, 0.717) is 6.04 Å². The van der Waals surface area contributed by atoms with Crippen molar-refractivity contribution >= 4 is 26.8 Å². The Bertz CT molecular complexity index is 564. The van der Waals surface area contributed by atoms with Gasteiger partial charge in [-0.25, -0.2) is 0 Å². The second-order valence-corrected chi connectivity index (χ2v) is 6.21. The van der Waals surface area contributed by atoms with E-state index in [-0.39, 0.29) is 0 Å². The maximum atomic E-state index is 4.54. The molecule has 20 heavy (non-hydrogen) atoms. The predicted molar refractivity (Wildman–Crippen MR) is 89.8 cm³/mol. The fraction of sp³-hybridized carbons (Fsp3) is 0.471. The number of nitrogens with zero attached hydrogens (tertiary/aromatic N) is 1. The van der Waals surface area contributed by atoms with Crippen LogP contribution in [0.1, 0.15) is 39.2 Å². The van der Waals surface area contributed by atoms with Gasteiger partial charge in [-0.3, -0.25) is 4.98 Å². The third kappa shape index (κ3) is 3.39.